The first-order valence-electron chi connectivity index (χ1n) is 11.7. The Hall–Kier alpha value is -3.98. The fourth-order valence-electron chi connectivity index (χ4n) is 3.52. The van der Waals surface area contributed by atoms with Crippen molar-refractivity contribution in [3.8, 4) is 17.1 Å². The highest BCUT2D eigenvalue weighted by molar-refractivity contribution is 7.98. The molecule has 0 radical (unpaired) electrons. The zero-order chi connectivity index (χ0) is 25.7. The van der Waals surface area contributed by atoms with Gasteiger partial charge in [-0.15, -0.1) is 10.2 Å². The van der Waals surface area contributed by atoms with Gasteiger partial charge in [0.25, 0.3) is 11.6 Å². The molecule has 0 aliphatic rings. The molecule has 0 spiro atoms. The lowest BCUT2D eigenvalue weighted by Crippen LogP contribution is -2.31. The Balaban J connectivity index is 1.58. The predicted molar refractivity (Wildman–Crippen MR) is 141 cm³/mol. The lowest BCUT2D eigenvalue weighted by atomic mass is 10.1. The molecular formula is C27H27N5O3S. The molecule has 0 fully saturated rings. The lowest BCUT2D eigenvalue weighted by Gasteiger charge is -2.12. The molecule has 1 atom stereocenters. The third kappa shape index (κ3) is 5.80. The zero-order valence-corrected chi connectivity index (χ0v) is 21.2. The minimum atomic E-state index is -0.422. The zero-order valence-electron chi connectivity index (χ0n) is 20.3. The number of rotatable bonds is 9. The first kappa shape index (κ1) is 25.1. The number of amides is 1. The highest BCUT2D eigenvalue weighted by Gasteiger charge is 2.17. The summed E-state index contributed by atoms with van der Waals surface area (Å²) in [4.78, 5) is 23.0. The van der Waals surface area contributed by atoms with E-state index in [4.69, 9.17) is 0 Å². The summed E-state index contributed by atoms with van der Waals surface area (Å²) in [5, 5.41) is 23.6. The number of aromatic nitrogens is 3. The molecule has 4 aromatic rings. The topological polar surface area (TPSA) is 103 Å². The van der Waals surface area contributed by atoms with Crippen molar-refractivity contribution in [2.75, 3.05) is 0 Å². The summed E-state index contributed by atoms with van der Waals surface area (Å²) >= 11 is 1.53. The van der Waals surface area contributed by atoms with E-state index in [9.17, 15) is 14.9 Å². The molecule has 1 heterocycles. The molecule has 0 saturated heterocycles. The second kappa shape index (κ2) is 11.2. The summed E-state index contributed by atoms with van der Waals surface area (Å²) < 4.78 is 1.96. The first-order chi connectivity index (χ1) is 17.4. The molecule has 3 aromatic carbocycles. The van der Waals surface area contributed by atoms with Crippen LogP contribution in [-0.4, -0.2) is 31.6 Å². The van der Waals surface area contributed by atoms with E-state index < -0.39 is 4.92 Å². The average Bonchev–Trinajstić information content (AvgIpc) is 3.32. The third-order valence-electron chi connectivity index (χ3n) is 5.84. The monoisotopic (exact) mass is 501 g/mol. The van der Waals surface area contributed by atoms with Crippen molar-refractivity contribution in [1.29, 1.82) is 0 Å². The molecular weight excluding hydrogens is 474 g/mol. The van der Waals surface area contributed by atoms with Gasteiger partial charge in [-0.3, -0.25) is 19.5 Å². The highest BCUT2D eigenvalue weighted by atomic mass is 32.2. The largest absolute Gasteiger partial charge is 0.350 e. The van der Waals surface area contributed by atoms with Gasteiger partial charge in [-0.25, -0.2) is 0 Å². The molecule has 0 unspecified atom stereocenters. The Morgan fingerprint density at radius 1 is 1.03 bits per heavy atom. The maximum atomic E-state index is 12.4. The first-order valence-corrected chi connectivity index (χ1v) is 12.6. The highest BCUT2D eigenvalue weighted by Crippen LogP contribution is 2.30. The van der Waals surface area contributed by atoms with Gasteiger partial charge in [-0.1, -0.05) is 48.5 Å². The number of carbonyl (C=O) groups is 1. The molecule has 0 saturated carbocycles. The van der Waals surface area contributed by atoms with E-state index in [2.05, 4.69) is 15.5 Å². The van der Waals surface area contributed by atoms with Gasteiger partial charge in [-0.2, -0.15) is 0 Å². The number of nitro groups is 1. The Labute approximate surface area is 213 Å². The van der Waals surface area contributed by atoms with Crippen LogP contribution in [0.4, 0.5) is 5.69 Å². The predicted octanol–water partition coefficient (Wildman–Crippen LogP) is 5.97. The van der Waals surface area contributed by atoms with Gasteiger partial charge in [0.15, 0.2) is 11.0 Å². The number of thioether (sulfide) groups is 1. The molecule has 0 bridgehead atoms. The van der Waals surface area contributed by atoms with E-state index in [1.807, 2.05) is 73.9 Å². The van der Waals surface area contributed by atoms with Crippen LogP contribution < -0.4 is 5.32 Å². The minimum absolute atomic E-state index is 0.0241. The van der Waals surface area contributed by atoms with Gasteiger partial charge in [0, 0.05) is 40.7 Å². The number of benzene rings is 3. The summed E-state index contributed by atoms with van der Waals surface area (Å²) in [7, 11) is 0. The number of non-ortho nitro benzene ring substituents is 1. The van der Waals surface area contributed by atoms with E-state index in [-0.39, 0.29) is 17.6 Å². The number of nitrogens with one attached hydrogen (secondary N) is 1. The molecule has 1 N–H and O–H groups in total. The molecule has 9 heteroatoms. The van der Waals surface area contributed by atoms with Crippen LogP contribution in [-0.2, 0) is 5.75 Å². The van der Waals surface area contributed by atoms with Crippen LogP contribution in [0.15, 0.2) is 78.0 Å². The molecule has 0 aliphatic carbocycles. The second-order valence-electron chi connectivity index (χ2n) is 8.55. The molecule has 4 rings (SSSR count). The van der Waals surface area contributed by atoms with Crippen LogP contribution in [0.1, 0.15) is 41.8 Å². The fourth-order valence-corrected chi connectivity index (χ4v) is 4.43. The summed E-state index contributed by atoms with van der Waals surface area (Å²) in [5.41, 5.74) is 4.48. The fraction of sp³-hybridized carbons (Fsp3) is 0.222. The van der Waals surface area contributed by atoms with Gasteiger partial charge in [0.2, 0.25) is 0 Å². The van der Waals surface area contributed by atoms with E-state index in [1.165, 1.54) is 23.9 Å². The summed E-state index contributed by atoms with van der Waals surface area (Å²) in [5.74, 6) is 1.17. The number of nitro benzene ring substituents is 1. The van der Waals surface area contributed by atoms with Gasteiger partial charge in [-0.05, 0) is 62.2 Å². The van der Waals surface area contributed by atoms with Crippen LogP contribution in [0, 0.1) is 17.0 Å². The molecule has 184 valence electrons. The van der Waals surface area contributed by atoms with E-state index in [0.29, 0.717) is 22.3 Å². The number of nitrogens with zero attached hydrogens (tertiary/aromatic N) is 4. The van der Waals surface area contributed by atoms with Crippen molar-refractivity contribution in [2.45, 2.75) is 44.1 Å². The number of aryl methyl sites for hydroxylation is 1. The molecule has 8 nitrogen and oxygen atoms in total. The second-order valence-corrected chi connectivity index (χ2v) is 9.49. The maximum absolute atomic E-state index is 12.4. The Morgan fingerprint density at radius 2 is 1.69 bits per heavy atom. The van der Waals surface area contributed by atoms with Crippen LogP contribution in [0.5, 0.6) is 0 Å². The molecule has 0 aliphatic heterocycles. The van der Waals surface area contributed by atoms with Crippen molar-refractivity contribution in [3.63, 3.8) is 0 Å². The van der Waals surface area contributed by atoms with Crippen molar-refractivity contribution >= 4 is 23.4 Å². The summed E-state index contributed by atoms with van der Waals surface area (Å²) in [6.07, 6.45) is 0.879. The van der Waals surface area contributed by atoms with E-state index in [1.54, 1.807) is 12.1 Å². The van der Waals surface area contributed by atoms with Gasteiger partial charge >= 0.3 is 0 Å². The Kier molecular flexibility index (Phi) is 7.80. The summed E-state index contributed by atoms with van der Waals surface area (Å²) in [6, 6.07) is 22.0. The van der Waals surface area contributed by atoms with Crippen molar-refractivity contribution < 1.29 is 9.72 Å². The Bertz CT molecular complexity index is 1350. The van der Waals surface area contributed by atoms with Crippen LogP contribution in [0.3, 0.4) is 0 Å². The average molecular weight is 502 g/mol. The van der Waals surface area contributed by atoms with Crippen LogP contribution >= 0.6 is 11.8 Å². The maximum Gasteiger partial charge on any atom is 0.269 e. The third-order valence-corrected chi connectivity index (χ3v) is 6.84. The number of carbonyl (C=O) groups excluding carboxylic acids is 1. The number of hydrogen-bond donors (Lipinski definition) is 1. The minimum Gasteiger partial charge on any atom is -0.350 e. The van der Waals surface area contributed by atoms with Crippen LogP contribution in [0.25, 0.3) is 17.1 Å². The van der Waals surface area contributed by atoms with Gasteiger partial charge in [0.05, 0.1) is 4.92 Å². The molecule has 1 aromatic heterocycles. The lowest BCUT2D eigenvalue weighted by molar-refractivity contribution is -0.384. The summed E-state index contributed by atoms with van der Waals surface area (Å²) in [6.45, 7) is 6.04. The van der Waals surface area contributed by atoms with Crippen molar-refractivity contribution in [1.82, 2.24) is 20.1 Å². The number of hydrogen-bond acceptors (Lipinski definition) is 6. The van der Waals surface area contributed by atoms with Gasteiger partial charge < -0.3 is 5.32 Å². The normalized spacial score (nSPS) is 11.8. The van der Waals surface area contributed by atoms with Crippen LogP contribution in [0.2, 0.25) is 0 Å². The molecule has 36 heavy (non-hydrogen) atoms. The smallest absolute Gasteiger partial charge is 0.269 e. The SMILES string of the molecule is CC[C@H](C)NC(=O)c1ccc(CSc2nnc(-c3ccc([N+](=O)[O-])cc3)n2-c2ccc(C)cc2)cc1. The van der Waals surface area contributed by atoms with E-state index >= 15 is 0 Å². The van der Waals surface area contributed by atoms with Crippen molar-refractivity contribution in [3.05, 3.63) is 99.6 Å². The van der Waals surface area contributed by atoms with Gasteiger partial charge in [0.1, 0.15) is 0 Å². The van der Waals surface area contributed by atoms with Crippen molar-refractivity contribution in [2.24, 2.45) is 0 Å². The standard InChI is InChI=1S/C27H27N5O3S/c1-4-19(3)28-26(33)22-9-7-20(8-10-22)17-36-27-30-29-25(21-11-15-24(16-12-21)32(34)35)31(27)23-13-5-18(2)6-14-23/h5-16,19H,4,17H2,1-3H3,(H,28,33)/t19-/m0/s1. The Morgan fingerprint density at radius 3 is 2.31 bits per heavy atom. The quantitative estimate of drug-likeness (QED) is 0.172. The molecule has 1 amide bonds. The van der Waals surface area contributed by atoms with E-state index in [0.717, 1.165) is 28.8 Å².